The molecule has 0 amide bonds. The molecule has 0 bridgehead atoms. The molecule has 0 spiro atoms. The number of rotatable bonds is 1. The molecule has 34 valence electrons. The van der Waals surface area contributed by atoms with Crippen LogP contribution < -0.4 is 0 Å². The summed E-state index contributed by atoms with van der Waals surface area (Å²) in [5.41, 5.74) is 0. The predicted octanol–water partition coefficient (Wildman–Crippen LogP) is 0.481. The van der Waals surface area contributed by atoms with Crippen LogP contribution in [0.5, 0.6) is 0 Å². The summed E-state index contributed by atoms with van der Waals surface area (Å²) >= 11 is 0. The standard InChI is InChI=1S/C3H6O2.Nd/c1-2-3(4)5;/h2H2,1H3,(H,4,5);. The van der Waals surface area contributed by atoms with Crippen LogP contribution in [0.4, 0.5) is 0 Å². The average Bonchev–Trinajstić information content (AvgIpc) is 1.38. The summed E-state index contributed by atoms with van der Waals surface area (Å²) in [4.78, 5) is 9.37. The van der Waals surface area contributed by atoms with Gasteiger partial charge < -0.3 is 5.11 Å². The molecule has 0 aromatic rings. The maximum Gasteiger partial charge on any atom is 0.303 e. The first-order chi connectivity index (χ1) is 2.27. The summed E-state index contributed by atoms with van der Waals surface area (Å²) in [5.74, 6) is -0.745. The van der Waals surface area contributed by atoms with Crippen molar-refractivity contribution in [2.24, 2.45) is 0 Å². The molecule has 2 nitrogen and oxygen atoms in total. The van der Waals surface area contributed by atoms with Gasteiger partial charge in [0, 0.05) is 47.3 Å². The van der Waals surface area contributed by atoms with Gasteiger partial charge in [-0.05, 0) is 0 Å². The van der Waals surface area contributed by atoms with Gasteiger partial charge in [-0.1, -0.05) is 6.92 Å². The summed E-state index contributed by atoms with van der Waals surface area (Å²) in [5, 5.41) is 7.72. The van der Waals surface area contributed by atoms with Gasteiger partial charge in [0.1, 0.15) is 0 Å². The van der Waals surface area contributed by atoms with Crippen molar-refractivity contribution in [2.45, 2.75) is 13.3 Å². The van der Waals surface area contributed by atoms with E-state index in [1.54, 1.807) is 6.92 Å². The van der Waals surface area contributed by atoms with E-state index in [1.165, 1.54) is 0 Å². The predicted molar refractivity (Wildman–Crippen MR) is 17.9 cm³/mol. The van der Waals surface area contributed by atoms with Gasteiger partial charge in [-0.3, -0.25) is 4.79 Å². The molecule has 0 aliphatic rings. The van der Waals surface area contributed by atoms with Crippen LogP contribution >= 0.6 is 0 Å². The van der Waals surface area contributed by atoms with E-state index in [-0.39, 0.29) is 47.3 Å². The number of aliphatic carboxylic acids is 1. The Balaban J connectivity index is 0. The third kappa shape index (κ3) is 8.84. The molecule has 0 aliphatic carbocycles. The van der Waals surface area contributed by atoms with E-state index < -0.39 is 5.97 Å². The number of hydrogen-bond donors (Lipinski definition) is 1. The van der Waals surface area contributed by atoms with E-state index >= 15 is 0 Å². The Bertz CT molecular complexity index is 44.1. The maximum atomic E-state index is 9.37. The molecule has 3 heteroatoms. The van der Waals surface area contributed by atoms with Crippen molar-refractivity contribution >= 4 is 5.97 Å². The van der Waals surface area contributed by atoms with Gasteiger partial charge in [-0.2, -0.15) is 0 Å². The van der Waals surface area contributed by atoms with Gasteiger partial charge in [-0.25, -0.2) is 0 Å². The van der Waals surface area contributed by atoms with Crippen LogP contribution in [0.15, 0.2) is 0 Å². The molecule has 0 saturated heterocycles. The van der Waals surface area contributed by atoms with Gasteiger partial charge in [-0.15, -0.1) is 0 Å². The molecule has 0 heterocycles. The normalized spacial score (nSPS) is 6.17. The SMILES string of the molecule is CCC(=O)O.[Nd]. The first kappa shape index (κ1) is 9.94. The van der Waals surface area contributed by atoms with Crippen LogP contribution in [-0.2, 0) is 4.79 Å². The van der Waals surface area contributed by atoms with Gasteiger partial charge >= 0.3 is 5.97 Å². The van der Waals surface area contributed by atoms with Crippen LogP contribution in [0.1, 0.15) is 13.3 Å². The monoisotopic (exact) mass is 216 g/mol. The minimum atomic E-state index is -0.745. The van der Waals surface area contributed by atoms with Gasteiger partial charge in [0.25, 0.3) is 0 Å². The summed E-state index contributed by atoms with van der Waals surface area (Å²) < 4.78 is 0. The van der Waals surface area contributed by atoms with E-state index in [1.807, 2.05) is 0 Å². The van der Waals surface area contributed by atoms with E-state index in [4.69, 9.17) is 5.11 Å². The average molecular weight is 218 g/mol. The van der Waals surface area contributed by atoms with E-state index in [9.17, 15) is 4.79 Å². The molecule has 0 aromatic heterocycles. The smallest absolute Gasteiger partial charge is 0.303 e. The van der Waals surface area contributed by atoms with Crippen molar-refractivity contribution in [2.75, 3.05) is 0 Å². The number of carboxylic acids is 1. The number of carbonyl (C=O) groups is 1. The van der Waals surface area contributed by atoms with Crippen molar-refractivity contribution in [3.63, 3.8) is 0 Å². The molecule has 0 aromatic carbocycles. The molecule has 0 radical (unpaired) electrons. The molecule has 1 N–H and O–H groups in total. The molecule has 0 saturated carbocycles. The fourth-order valence-electron chi connectivity index (χ4n) is 0. The molecule has 0 unspecified atom stereocenters. The summed E-state index contributed by atoms with van der Waals surface area (Å²) in [6.07, 6.45) is 0.222. The molecule has 0 rings (SSSR count). The van der Waals surface area contributed by atoms with Crippen LogP contribution in [0.2, 0.25) is 0 Å². The zero-order chi connectivity index (χ0) is 4.28. The molecule has 6 heavy (non-hydrogen) atoms. The minimum Gasteiger partial charge on any atom is -0.481 e. The van der Waals surface area contributed by atoms with Crippen molar-refractivity contribution in [1.82, 2.24) is 0 Å². The Kier molecular flexibility index (Phi) is 9.65. The summed E-state index contributed by atoms with van der Waals surface area (Å²) in [6.45, 7) is 1.60. The van der Waals surface area contributed by atoms with Crippen molar-refractivity contribution in [3.05, 3.63) is 0 Å². The van der Waals surface area contributed by atoms with Crippen LogP contribution in [0.3, 0.4) is 0 Å². The largest absolute Gasteiger partial charge is 0.481 e. The number of carboxylic acid groups (broad SMARTS) is 1. The van der Waals surface area contributed by atoms with Gasteiger partial charge in [0.15, 0.2) is 0 Å². The van der Waals surface area contributed by atoms with Crippen LogP contribution in [0.25, 0.3) is 0 Å². The Morgan fingerprint density at radius 2 is 2.00 bits per heavy atom. The Hall–Kier alpha value is 0.821. The van der Waals surface area contributed by atoms with Crippen molar-refractivity contribution in [1.29, 1.82) is 0 Å². The molecule has 0 fully saturated rings. The Morgan fingerprint density at radius 3 is 2.00 bits per heavy atom. The maximum absolute atomic E-state index is 9.37. The van der Waals surface area contributed by atoms with Crippen LogP contribution in [0, 0.1) is 40.8 Å². The second kappa shape index (κ2) is 5.82. The zero-order valence-corrected chi connectivity index (χ0v) is 6.77. The molecule has 0 aliphatic heterocycles. The quantitative estimate of drug-likeness (QED) is 0.695. The Morgan fingerprint density at radius 1 is 1.83 bits per heavy atom. The first-order valence-electron chi connectivity index (χ1n) is 1.49. The molecule has 0 atom stereocenters. The summed E-state index contributed by atoms with van der Waals surface area (Å²) in [7, 11) is 0. The second-order valence-electron chi connectivity index (χ2n) is 0.747. The first-order valence-corrected chi connectivity index (χ1v) is 1.49. The second-order valence-corrected chi connectivity index (χ2v) is 0.747. The van der Waals surface area contributed by atoms with Crippen LogP contribution in [-0.4, -0.2) is 11.1 Å². The van der Waals surface area contributed by atoms with Gasteiger partial charge in [0.05, 0.1) is 0 Å². The third-order valence-electron chi connectivity index (χ3n) is 0.302. The zero-order valence-electron chi connectivity index (χ0n) is 3.56. The fourth-order valence-corrected chi connectivity index (χ4v) is 0. The number of hydrogen-bond acceptors (Lipinski definition) is 1. The topological polar surface area (TPSA) is 37.3 Å². The summed E-state index contributed by atoms with van der Waals surface area (Å²) in [6, 6.07) is 0. The molecular weight excluding hydrogens is 212 g/mol. The van der Waals surface area contributed by atoms with Crippen molar-refractivity contribution in [3.8, 4) is 0 Å². The molecular formula is C3H6NdO2. The van der Waals surface area contributed by atoms with Crippen molar-refractivity contribution < 1.29 is 50.7 Å². The van der Waals surface area contributed by atoms with Gasteiger partial charge in [0.2, 0.25) is 0 Å². The van der Waals surface area contributed by atoms with E-state index in [0.717, 1.165) is 0 Å². The minimum absolute atomic E-state index is 0. The van der Waals surface area contributed by atoms with E-state index in [2.05, 4.69) is 0 Å². The third-order valence-corrected chi connectivity index (χ3v) is 0.302. The fraction of sp³-hybridized carbons (Fsp3) is 0.667. The van der Waals surface area contributed by atoms with E-state index in [0.29, 0.717) is 0 Å². The Labute approximate surface area is 69.5 Å².